The fourth-order valence-electron chi connectivity index (χ4n) is 3.54. The third kappa shape index (κ3) is 4.00. The molecule has 9 heteroatoms. The van der Waals surface area contributed by atoms with Crippen molar-refractivity contribution < 1.29 is 27.8 Å². The van der Waals surface area contributed by atoms with E-state index in [-0.39, 0.29) is 28.8 Å². The van der Waals surface area contributed by atoms with E-state index in [1.165, 1.54) is 24.3 Å². The second-order valence-electron chi connectivity index (χ2n) is 6.70. The highest BCUT2D eigenvalue weighted by molar-refractivity contribution is 6.37. The smallest absolute Gasteiger partial charge is 0.478 e. The van der Waals surface area contributed by atoms with Crippen molar-refractivity contribution in [2.75, 3.05) is 11.4 Å². The number of aromatic carboxylic acids is 1. The van der Waals surface area contributed by atoms with E-state index in [9.17, 15) is 23.1 Å². The minimum Gasteiger partial charge on any atom is -0.478 e. The number of hydrogen-bond donors (Lipinski definition) is 1. The highest BCUT2D eigenvalue weighted by atomic mass is 35.5. The fraction of sp³-hybridized carbons (Fsp3) is 0.316. The molecular weight excluding hydrogens is 418 g/mol. The maximum absolute atomic E-state index is 12.6. The third-order valence-electron chi connectivity index (χ3n) is 4.64. The number of nitrogens with zero attached hydrogens (tertiary/aromatic N) is 1. The summed E-state index contributed by atoms with van der Waals surface area (Å²) in [4.78, 5) is 13.3. The van der Waals surface area contributed by atoms with E-state index in [4.69, 9.17) is 23.2 Å². The molecule has 4 nitrogen and oxygen atoms in total. The van der Waals surface area contributed by atoms with Crippen LogP contribution in [0.4, 0.5) is 18.9 Å². The Bertz CT molecular complexity index is 947. The molecule has 0 bridgehead atoms. The molecule has 0 radical (unpaired) electrons. The highest BCUT2D eigenvalue weighted by Gasteiger charge is 2.34. The molecule has 1 aliphatic rings. The lowest BCUT2D eigenvalue weighted by atomic mass is 10.0. The molecule has 0 amide bonds. The molecular formula is C19H16Cl2F3NO3. The number of hydrogen-bond acceptors (Lipinski definition) is 3. The Balaban J connectivity index is 1.99. The van der Waals surface area contributed by atoms with Crippen molar-refractivity contribution in [3.8, 4) is 5.75 Å². The number of fused-ring (bicyclic) bond motifs is 1. The zero-order valence-electron chi connectivity index (χ0n) is 14.9. The Morgan fingerprint density at radius 2 is 2.00 bits per heavy atom. The summed E-state index contributed by atoms with van der Waals surface area (Å²) in [5.41, 5.74) is 2.51. The first kappa shape index (κ1) is 20.6. The SMILES string of the molecule is Cc1cc(OC(F)(F)F)cc2c1N(Cc1c(Cl)ccc(C(=O)O)c1Cl)CC2C. The molecule has 0 fully saturated rings. The topological polar surface area (TPSA) is 49.8 Å². The predicted octanol–water partition coefficient (Wildman–Crippen LogP) is 6.02. The summed E-state index contributed by atoms with van der Waals surface area (Å²) in [5, 5.41) is 9.64. The Kier molecular flexibility index (Phi) is 5.42. The van der Waals surface area contributed by atoms with Crippen molar-refractivity contribution in [3.05, 3.63) is 56.6 Å². The largest absolute Gasteiger partial charge is 0.573 e. The molecule has 0 saturated heterocycles. The molecule has 0 spiro atoms. The molecule has 3 rings (SSSR count). The maximum Gasteiger partial charge on any atom is 0.573 e. The minimum absolute atomic E-state index is 0.0503. The molecule has 2 aromatic rings. The van der Waals surface area contributed by atoms with Crippen molar-refractivity contribution in [1.29, 1.82) is 0 Å². The molecule has 28 heavy (non-hydrogen) atoms. The maximum atomic E-state index is 12.6. The quantitative estimate of drug-likeness (QED) is 0.639. The van der Waals surface area contributed by atoms with Gasteiger partial charge in [-0.2, -0.15) is 0 Å². The first-order valence-corrected chi connectivity index (χ1v) is 9.09. The van der Waals surface area contributed by atoms with E-state index in [1.54, 1.807) is 6.92 Å². The van der Waals surface area contributed by atoms with Gasteiger partial charge >= 0.3 is 12.3 Å². The molecule has 150 valence electrons. The van der Waals surface area contributed by atoms with Crippen LogP contribution in [0.25, 0.3) is 0 Å². The summed E-state index contributed by atoms with van der Waals surface area (Å²) in [5.74, 6) is -1.48. The van der Waals surface area contributed by atoms with Crippen molar-refractivity contribution >= 4 is 34.9 Å². The van der Waals surface area contributed by atoms with Crippen LogP contribution in [-0.4, -0.2) is 24.0 Å². The van der Waals surface area contributed by atoms with Gasteiger partial charge in [0.2, 0.25) is 0 Å². The summed E-state index contributed by atoms with van der Waals surface area (Å²) in [7, 11) is 0. The summed E-state index contributed by atoms with van der Waals surface area (Å²) in [6, 6.07) is 5.52. The van der Waals surface area contributed by atoms with Crippen molar-refractivity contribution in [3.63, 3.8) is 0 Å². The van der Waals surface area contributed by atoms with Gasteiger partial charge in [0.15, 0.2) is 0 Å². The number of benzene rings is 2. The molecule has 2 aromatic carbocycles. The van der Waals surface area contributed by atoms with Gasteiger partial charge < -0.3 is 14.7 Å². The molecule has 1 N–H and O–H groups in total. The van der Waals surface area contributed by atoms with Crippen LogP contribution in [0.5, 0.6) is 5.75 Å². The Labute approximate surface area is 169 Å². The van der Waals surface area contributed by atoms with Gasteiger partial charge in [0.25, 0.3) is 0 Å². The number of alkyl halides is 3. The van der Waals surface area contributed by atoms with Crippen LogP contribution in [-0.2, 0) is 6.54 Å². The lowest BCUT2D eigenvalue weighted by Gasteiger charge is -2.23. The average Bonchev–Trinajstić information content (AvgIpc) is 2.86. The molecule has 1 unspecified atom stereocenters. The molecule has 1 aliphatic heterocycles. The van der Waals surface area contributed by atoms with Crippen LogP contribution in [0.3, 0.4) is 0 Å². The van der Waals surface area contributed by atoms with E-state index in [1.807, 2.05) is 11.8 Å². The van der Waals surface area contributed by atoms with Crippen LogP contribution in [0.15, 0.2) is 24.3 Å². The van der Waals surface area contributed by atoms with Gasteiger partial charge in [-0.25, -0.2) is 4.79 Å². The van der Waals surface area contributed by atoms with Crippen molar-refractivity contribution in [2.24, 2.45) is 0 Å². The molecule has 1 heterocycles. The van der Waals surface area contributed by atoms with Gasteiger partial charge in [0.05, 0.1) is 10.6 Å². The van der Waals surface area contributed by atoms with Gasteiger partial charge in [-0.3, -0.25) is 0 Å². The van der Waals surface area contributed by atoms with E-state index >= 15 is 0 Å². The number of carboxylic acid groups (broad SMARTS) is 1. The average molecular weight is 434 g/mol. The van der Waals surface area contributed by atoms with Crippen molar-refractivity contribution in [2.45, 2.75) is 32.7 Å². The van der Waals surface area contributed by atoms with Crippen molar-refractivity contribution in [1.82, 2.24) is 0 Å². The van der Waals surface area contributed by atoms with E-state index in [0.29, 0.717) is 22.7 Å². The zero-order valence-corrected chi connectivity index (χ0v) is 16.4. The van der Waals surface area contributed by atoms with Gasteiger partial charge in [0, 0.05) is 35.3 Å². The third-order valence-corrected chi connectivity index (χ3v) is 5.43. The highest BCUT2D eigenvalue weighted by Crippen LogP contribution is 2.43. The summed E-state index contributed by atoms with van der Waals surface area (Å²) in [6.45, 7) is 4.35. The summed E-state index contributed by atoms with van der Waals surface area (Å²) < 4.78 is 41.8. The predicted molar refractivity (Wildman–Crippen MR) is 101 cm³/mol. The zero-order chi connectivity index (χ0) is 20.8. The Morgan fingerprint density at radius 1 is 1.32 bits per heavy atom. The summed E-state index contributed by atoms with van der Waals surface area (Å²) in [6.07, 6.45) is -4.76. The Morgan fingerprint density at radius 3 is 2.61 bits per heavy atom. The second-order valence-corrected chi connectivity index (χ2v) is 7.49. The number of rotatable bonds is 4. The monoisotopic (exact) mass is 433 g/mol. The van der Waals surface area contributed by atoms with Gasteiger partial charge in [-0.05, 0) is 42.3 Å². The van der Waals surface area contributed by atoms with Crippen LogP contribution >= 0.6 is 23.2 Å². The van der Waals surface area contributed by atoms with Crippen LogP contribution in [0.2, 0.25) is 10.0 Å². The number of halogens is 5. The van der Waals surface area contributed by atoms with Gasteiger partial charge in [-0.15, -0.1) is 13.2 Å². The molecule has 0 saturated carbocycles. The molecule has 0 aliphatic carbocycles. The molecule has 0 aromatic heterocycles. The fourth-order valence-corrected chi connectivity index (χ4v) is 4.11. The first-order chi connectivity index (χ1) is 13.0. The normalized spacial score (nSPS) is 16.2. The van der Waals surface area contributed by atoms with E-state index < -0.39 is 12.3 Å². The van der Waals surface area contributed by atoms with Crippen LogP contribution in [0, 0.1) is 6.92 Å². The minimum atomic E-state index is -4.76. The number of ether oxygens (including phenoxy) is 1. The lowest BCUT2D eigenvalue weighted by molar-refractivity contribution is -0.274. The number of aryl methyl sites for hydroxylation is 1. The van der Waals surface area contributed by atoms with E-state index in [2.05, 4.69) is 4.74 Å². The molecule has 1 atom stereocenters. The number of anilines is 1. The lowest BCUT2D eigenvalue weighted by Crippen LogP contribution is -2.22. The van der Waals surface area contributed by atoms with Crippen LogP contribution < -0.4 is 9.64 Å². The van der Waals surface area contributed by atoms with Gasteiger partial charge in [-0.1, -0.05) is 30.1 Å². The van der Waals surface area contributed by atoms with Crippen LogP contribution in [0.1, 0.15) is 39.9 Å². The van der Waals surface area contributed by atoms with E-state index in [0.717, 1.165) is 11.3 Å². The number of carboxylic acids is 1. The standard InChI is InChI=1S/C19H16Cl2F3NO3/c1-9-5-11(28-19(22,23)24)6-13-10(2)7-25(17(9)13)8-14-15(20)4-3-12(16(14)21)18(26)27/h3-6,10H,7-8H2,1-2H3,(H,26,27). The van der Waals surface area contributed by atoms with Gasteiger partial charge in [0.1, 0.15) is 5.75 Å². The Hall–Kier alpha value is -2.12. The second kappa shape index (κ2) is 7.37. The summed E-state index contributed by atoms with van der Waals surface area (Å²) >= 11 is 12.5. The number of carbonyl (C=O) groups is 1. The first-order valence-electron chi connectivity index (χ1n) is 8.33.